The molecule has 4 aromatic heterocycles. The van der Waals surface area contributed by atoms with Crippen LogP contribution in [0.1, 0.15) is 26.2 Å². The van der Waals surface area contributed by atoms with Crippen molar-refractivity contribution in [2.24, 2.45) is 0 Å². The number of nitrogens with zero attached hydrogens (tertiary/aromatic N) is 5. The summed E-state index contributed by atoms with van der Waals surface area (Å²) in [5, 5.41) is 13.5. The Labute approximate surface area is 222 Å². The van der Waals surface area contributed by atoms with Crippen LogP contribution in [0, 0.1) is 0 Å². The third-order valence-corrected chi connectivity index (χ3v) is 7.37. The van der Waals surface area contributed by atoms with Crippen molar-refractivity contribution in [3.63, 3.8) is 0 Å². The number of aromatic nitrogens is 5. The molecule has 8 heteroatoms. The van der Waals surface area contributed by atoms with E-state index in [0.29, 0.717) is 0 Å². The van der Waals surface area contributed by atoms with Crippen LogP contribution in [0.2, 0.25) is 0 Å². The summed E-state index contributed by atoms with van der Waals surface area (Å²) in [4.78, 5) is 17.6. The van der Waals surface area contributed by atoms with Gasteiger partial charge in [0.2, 0.25) is 0 Å². The molecule has 0 spiro atoms. The fourth-order valence-electron chi connectivity index (χ4n) is 5.17. The number of pyridine rings is 2. The predicted molar refractivity (Wildman–Crippen MR) is 156 cm³/mol. The van der Waals surface area contributed by atoms with Gasteiger partial charge >= 0.3 is 0 Å². The molecule has 6 rings (SSSR count). The van der Waals surface area contributed by atoms with Crippen molar-refractivity contribution in [1.29, 1.82) is 0 Å². The van der Waals surface area contributed by atoms with E-state index < -0.39 is 0 Å². The van der Waals surface area contributed by atoms with E-state index in [9.17, 15) is 0 Å². The minimum Gasteiger partial charge on any atom is -0.368 e. The highest BCUT2D eigenvalue weighted by molar-refractivity contribution is 6.00. The van der Waals surface area contributed by atoms with Crippen LogP contribution in [0.5, 0.6) is 0 Å². The largest absolute Gasteiger partial charge is 0.368 e. The number of hydrogen-bond donors (Lipinski definition) is 3. The van der Waals surface area contributed by atoms with Crippen LogP contribution >= 0.6 is 0 Å². The molecule has 1 aliphatic heterocycles. The first-order valence-corrected chi connectivity index (χ1v) is 13.4. The second-order valence-electron chi connectivity index (χ2n) is 10.2. The average Bonchev–Trinajstić information content (AvgIpc) is 3.56. The molecule has 194 valence electrons. The van der Waals surface area contributed by atoms with E-state index in [1.807, 2.05) is 18.6 Å². The molecule has 1 aliphatic rings. The van der Waals surface area contributed by atoms with Crippen LogP contribution < -0.4 is 10.2 Å². The third kappa shape index (κ3) is 4.75. The van der Waals surface area contributed by atoms with Gasteiger partial charge in [0.25, 0.3) is 0 Å². The molecule has 5 heterocycles. The molecule has 5 aromatic rings. The highest BCUT2D eigenvalue weighted by Crippen LogP contribution is 2.34. The molecule has 3 N–H and O–H groups in total. The third-order valence-electron chi connectivity index (χ3n) is 7.37. The van der Waals surface area contributed by atoms with Gasteiger partial charge in [-0.1, -0.05) is 26.0 Å². The first-order valence-electron chi connectivity index (χ1n) is 13.4. The molecule has 0 radical (unpaired) electrons. The zero-order valence-corrected chi connectivity index (χ0v) is 22.1. The summed E-state index contributed by atoms with van der Waals surface area (Å²) in [5.74, 6) is 0. The van der Waals surface area contributed by atoms with Crippen LogP contribution in [0.4, 0.5) is 11.4 Å². The highest BCUT2D eigenvalue weighted by atomic mass is 15.2. The van der Waals surface area contributed by atoms with E-state index in [-0.39, 0.29) is 0 Å². The summed E-state index contributed by atoms with van der Waals surface area (Å²) >= 11 is 0. The van der Waals surface area contributed by atoms with Crippen molar-refractivity contribution >= 4 is 33.2 Å². The van der Waals surface area contributed by atoms with Gasteiger partial charge in [-0.25, -0.2) is 0 Å². The molecule has 0 atom stereocenters. The van der Waals surface area contributed by atoms with Gasteiger partial charge in [-0.3, -0.25) is 15.1 Å². The number of aromatic amines is 2. The second-order valence-corrected chi connectivity index (χ2v) is 10.2. The first-order chi connectivity index (χ1) is 18.6. The lowest BCUT2D eigenvalue weighted by Crippen LogP contribution is -2.44. The van der Waals surface area contributed by atoms with Crippen LogP contribution in [0.3, 0.4) is 0 Å². The SMILES string of the molecule is C=C(CCCC)Nc1cncc(-c2cc3c(-c4cc5c(N6CCN(C)CC6)cccc5[nH]4)n[nH]c3cn2)c1. The zero-order valence-electron chi connectivity index (χ0n) is 22.1. The fraction of sp³-hybridized carbons (Fsp3) is 0.300. The number of benzene rings is 1. The maximum atomic E-state index is 4.70. The summed E-state index contributed by atoms with van der Waals surface area (Å²) in [6.45, 7) is 10.5. The Morgan fingerprint density at radius 3 is 2.74 bits per heavy atom. The van der Waals surface area contributed by atoms with E-state index in [1.165, 1.54) is 11.1 Å². The Balaban J connectivity index is 1.33. The predicted octanol–water partition coefficient (Wildman–Crippen LogP) is 6.04. The van der Waals surface area contributed by atoms with Crippen molar-refractivity contribution in [2.75, 3.05) is 43.4 Å². The number of H-pyrrole nitrogens is 2. The first kappa shape index (κ1) is 24.2. The Morgan fingerprint density at radius 1 is 1.03 bits per heavy atom. The molecule has 1 fully saturated rings. The number of hydrogen-bond acceptors (Lipinski definition) is 6. The molecule has 0 unspecified atom stereocenters. The number of allylic oxidation sites excluding steroid dienone is 1. The van der Waals surface area contributed by atoms with Crippen molar-refractivity contribution in [3.05, 3.63) is 67.3 Å². The van der Waals surface area contributed by atoms with Gasteiger partial charge in [-0.05, 0) is 50.2 Å². The van der Waals surface area contributed by atoms with Crippen molar-refractivity contribution < 1.29 is 0 Å². The maximum Gasteiger partial charge on any atom is 0.116 e. The van der Waals surface area contributed by atoms with E-state index in [1.54, 1.807) is 0 Å². The number of unbranched alkanes of at least 4 members (excludes halogenated alkanes) is 1. The topological polar surface area (TPSA) is 88.8 Å². The molecule has 1 saturated heterocycles. The lowest BCUT2D eigenvalue weighted by Gasteiger charge is -2.34. The molecule has 0 saturated carbocycles. The summed E-state index contributed by atoms with van der Waals surface area (Å²) in [6.07, 6.45) is 8.72. The van der Waals surface area contributed by atoms with Gasteiger partial charge in [0.05, 0.1) is 35.0 Å². The van der Waals surface area contributed by atoms with Gasteiger partial charge in [-0.15, -0.1) is 0 Å². The molecule has 0 amide bonds. The number of fused-ring (bicyclic) bond motifs is 2. The van der Waals surface area contributed by atoms with Crippen LogP contribution in [-0.2, 0) is 0 Å². The van der Waals surface area contributed by atoms with Gasteiger partial charge in [0, 0.05) is 65.6 Å². The molecule has 8 nitrogen and oxygen atoms in total. The summed E-state index contributed by atoms with van der Waals surface area (Å²) < 4.78 is 0. The van der Waals surface area contributed by atoms with Crippen LogP contribution in [0.25, 0.3) is 44.5 Å². The Morgan fingerprint density at radius 2 is 1.89 bits per heavy atom. The van der Waals surface area contributed by atoms with Gasteiger partial charge in [-0.2, -0.15) is 5.10 Å². The Kier molecular flexibility index (Phi) is 6.55. The number of anilines is 2. The minimum absolute atomic E-state index is 0.852. The van der Waals surface area contributed by atoms with E-state index in [2.05, 4.69) is 92.2 Å². The van der Waals surface area contributed by atoms with E-state index >= 15 is 0 Å². The van der Waals surface area contributed by atoms with Crippen LogP contribution in [0.15, 0.2) is 67.3 Å². The van der Waals surface area contributed by atoms with Crippen LogP contribution in [-0.4, -0.2) is 63.3 Å². The van der Waals surface area contributed by atoms with E-state index in [4.69, 9.17) is 4.98 Å². The van der Waals surface area contributed by atoms with Crippen molar-refractivity contribution in [1.82, 2.24) is 30.0 Å². The lowest BCUT2D eigenvalue weighted by atomic mass is 10.1. The van der Waals surface area contributed by atoms with Crippen molar-refractivity contribution in [3.8, 4) is 22.6 Å². The summed E-state index contributed by atoms with van der Waals surface area (Å²) in [5.41, 5.74) is 8.89. The van der Waals surface area contributed by atoms with Gasteiger partial charge in [0.1, 0.15) is 5.69 Å². The Bertz CT molecular complexity index is 1590. The molecule has 1 aromatic carbocycles. The van der Waals surface area contributed by atoms with Gasteiger partial charge < -0.3 is 20.1 Å². The number of likely N-dealkylation sites (N-methyl/N-ethyl adjacent to an activating group) is 1. The number of rotatable bonds is 8. The molecule has 0 aliphatic carbocycles. The smallest absolute Gasteiger partial charge is 0.116 e. The molecular formula is C30H34N8. The summed E-state index contributed by atoms with van der Waals surface area (Å²) in [7, 11) is 2.19. The quantitative estimate of drug-likeness (QED) is 0.238. The van der Waals surface area contributed by atoms with Crippen molar-refractivity contribution in [2.45, 2.75) is 26.2 Å². The zero-order chi connectivity index (χ0) is 26.1. The molecule has 38 heavy (non-hydrogen) atoms. The number of piperazine rings is 1. The monoisotopic (exact) mass is 506 g/mol. The van der Waals surface area contributed by atoms with E-state index in [0.717, 1.165) is 95.9 Å². The molecule has 0 bridgehead atoms. The number of nitrogens with one attached hydrogen (secondary N) is 3. The maximum absolute atomic E-state index is 4.70. The van der Waals surface area contributed by atoms with Gasteiger partial charge in [0.15, 0.2) is 0 Å². The Hall–Kier alpha value is -4.17. The standard InChI is InChI=1S/C30H34N8/c1-4-5-7-20(2)33-22-14-21(17-31-18-22)26-16-24-28(19-32-26)35-36-30(24)27-15-23-25(34-27)8-6-9-29(23)38-12-10-37(3)11-13-38/h6,8-9,14-19,33-34H,2,4-5,7,10-13H2,1,3H3,(H,35,36). The normalized spacial score (nSPS) is 14.4. The fourth-order valence-corrected chi connectivity index (χ4v) is 5.17. The molecular weight excluding hydrogens is 472 g/mol. The minimum atomic E-state index is 0.852. The lowest BCUT2D eigenvalue weighted by molar-refractivity contribution is 0.313. The average molecular weight is 507 g/mol. The summed E-state index contributed by atoms with van der Waals surface area (Å²) in [6, 6.07) is 12.9. The second kappa shape index (κ2) is 10.3. The highest BCUT2D eigenvalue weighted by Gasteiger charge is 2.19.